The number of aryl methyl sites for hydroxylation is 1. The maximum absolute atomic E-state index is 4.50. The molecule has 60 heavy (non-hydrogen) atoms. The van der Waals surface area contributed by atoms with Crippen LogP contribution in [0.3, 0.4) is 0 Å². The van der Waals surface area contributed by atoms with Crippen LogP contribution >= 0.6 is 0 Å². The number of nitrogens with zero attached hydrogens (tertiary/aromatic N) is 2. The Morgan fingerprint density at radius 2 is 1.03 bits per heavy atom. The van der Waals surface area contributed by atoms with E-state index in [9.17, 15) is 0 Å². The topological polar surface area (TPSA) is 67.6 Å². The fourth-order valence-corrected chi connectivity index (χ4v) is 9.30. The van der Waals surface area contributed by atoms with Gasteiger partial charge < -0.3 is 16.5 Å². The summed E-state index contributed by atoms with van der Waals surface area (Å²) in [6.45, 7) is 10.4. The van der Waals surface area contributed by atoms with Gasteiger partial charge in [0, 0.05) is 24.6 Å². The van der Waals surface area contributed by atoms with E-state index >= 15 is 0 Å². The summed E-state index contributed by atoms with van der Waals surface area (Å²) in [4.78, 5) is 2.59. The van der Waals surface area contributed by atoms with Crippen molar-refractivity contribution >= 4 is 64.2 Å². The Morgan fingerprint density at radius 1 is 0.567 bits per heavy atom. The van der Waals surface area contributed by atoms with Gasteiger partial charge in [0.1, 0.15) is 0 Å². The zero-order valence-electron chi connectivity index (χ0n) is 35.4. The number of benzene rings is 7. The summed E-state index contributed by atoms with van der Waals surface area (Å²) < 4.78 is 0. The summed E-state index contributed by atoms with van der Waals surface area (Å²) in [7, 11) is 1.50. The van der Waals surface area contributed by atoms with Crippen LogP contribution in [0.25, 0.3) is 27.8 Å². The highest BCUT2D eigenvalue weighted by atomic mass is 15.1. The molecule has 1 aliphatic carbocycles. The predicted octanol–water partition coefficient (Wildman–Crippen LogP) is 7.92. The summed E-state index contributed by atoms with van der Waals surface area (Å²) in [6, 6.07) is 63.4. The molecule has 0 atom stereocenters. The van der Waals surface area contributed by atoms with E-state index < -0.39 is 0 Å². The summed E-state index contributed by atoms with van der Waals surface area (Å²) >= 11 is 0. The number of hydrogen-bond donors (Lipinski definition) is 2. The molecule has 7 aromatic rings. The quantitative estimate of drug-likeness (QED) is 0.0748. The molecule has 296 valence electrons. The van der Waals surface area contributed by atoms with E-state index in [0.717, 1.165) is 19.4 Å². The van der Waals surface area contributed by atoms with Crippen molar-refractivity contribution in [2.75, 3.05) is 11.9 Å². The molecule has 10 rings (SSSR count). The Hall–Kier alpha value is -6.62. The number of hydrogen-bond acceptors (Lipinski definition) is 4. The fourth-order valence-electron chi connectivity index (χ4n) is 9.30. The normalized spacial score (nSPS) is 12.6. The van der Waals surface area contributed by atoms with E-state index in [4.69, 9.17) is 0 Å². The zero-order valence-corrected chi connectivity index (χ0v) is 35.4. The lowest BCUT2D eigenvalue weighted by molar-refractivity contribution is 0.909. The second kappa shape index (κ2) is 19.4. The van der Waals surface area contributed by atoms with Crippen molar-refractivity contribution in [2.45, 2.75) is 40.2 Å². The van der Waals surface area contributed by atoms with Crippen molar-refractivity contribution in [3.63, 3.8) is 0 Å². The number of hydrazone groups is 1. The highest BCUT2D eigenvalue weighted by Crippen LogP contribution is 2.38. The molecule has 0 bridgehead atoms. The van der Waals surface area contributed by atoms with Gasteiger partial charge in [-0.3, -0.25) is 0 Å². The number of rotatable bonds is 7. The molecule has 0 unspecified atom stereocenters. The number of fused-ring (bicyclic) bond motifs is 6. The number of nitrogens with two attached hydrogens (primary N) is 2. The van der Waals surface area contributed by atoms with Gasteiger partial charge >= 0.3 is 0 Å². The minimum Gasteiger partial charge on any atom is -0.337 e. The minimum absolute atomic E-state index is 0.232. The van der Waals surface area contributed by atoms with E-state index in [-0.39, 0.29) is 13.4 Å². The van der Waals surface area contributed by atoms with E-state index in [1.54, 1.807) is 0 Å². The van der Waals surface area contributed by atoms with Crippen LogP contribution in [0.2, 0.25) is 0 Å². The van der Waals surface area contributed by atoms with Gasteiger partial charge in [0.25, 0.3) is 0 Å². The maximum Gasteiger partial charge on any atom is 0.242 e. The summed E-state index contributed by atoms with van der Waals surface area (Å²) in [5.41, 5.74) is 26.1. The molecule has 0 fully saturated rings. The zero-order chi connectivity index (χ0) is 42.0. The smallest absolute Gasteiger partial charge is 0.242 e. The first-order valence-corrected chi connectivity index (χ1v) is 21.2. The molecule has 0 amide bonds. The van der Waals surface area contributed by atoms with E-state index in [1.807, 2.05) is 13.8 Å². The Kier molecular flexibility index (Phi) is 13.4. The van der Waals surface area contributed by atoms with Gasteiger partial charge in [0.2, 0.25) is 13.4 Å². The first kappa shape index (κ1) is 41.5. The van der Waals surface area contributed by atoms with Crippen LogP contribution < -0.4 is 49.3 Å². The third-order valence-corrected chi connectivity index (χ3v) is 11.7. The molecule has 2 aliphatic heterocycles. The van der Waals surface area contributed by atoms with Gasteiger partial charge in [0.15, 0.2) is 0 Å². The van der Waals surface area contributed by atoms with Gasteiger partial charge in [-0.15, -0.1) is 0 Å². The van der Waals surface area contributed by atoms with Crippen molar-refractivity contribution in [2.24, 2.45) is 16.7 Å². The molecular weight excluding hydrogens is 726 g/mol. The molecule has 7 aromatic carbocycles. The fraction of sp³-hybridized carbons (Fsp3) is 0.130. The molecular formula is C54H54B2N4. The summed E-state index contributed by atoms with van der Waals surface area (Å²) in [5, 5.41) is 2.75. The number of anilines is 1. The van der Waals surface area contributed by atoms with Crippen LogP contribution in [0.15, 0.2) is 193 Å². The van der Waals surface area contributed by atoms with Gasteiger partial charge in [-0.25, -0.2) is 0 Å². The van der Waals surface area contributed by atoms with Gasteiger partial charge in [-0.1, -0.05) is 204 Å². The highest BCUT2D eigenvalue weighted by molar-refractivity contribution is 6.99. The summed E-state index contributed by atoms with van der Waals surface area (Å²) in [5.74, 6) is 4.36. The molecule has 3 aliphatic rings. The average Bonchev–Trinajstić information content (AvgIpc) is 3.83. The molecule has 6 heteroatoms. The monoisotopic (exact) mass is 780 g/mol. The standard InChI is InChI=1S/C50H39B2N.C2H6.CH4N2.CH5N/c1-35-16-8-9-21-40(35)43-24-12-15-27-50(43)53(39-29-31-49-45(33-39)42-23-11-14-26-47(42)52(49)38-19-6-3-7-20-38)34-36-28-30-48-44(32-36)41-22-10-13-25-46(41)51(48)37-17-4-2-5-18-37;1-2;1-3-2;1-2/h2-11,13-23,25-33H,12,24,34H2,1H3;1-2H3;1-2H2;2H2,1H3. The Morgan fingerprint density at radius 3 is 1.60 bits per heavy atom. The molecule has 0 radical (unpaired) electrons. The Labute approximate surface area is 358 Å². The highest BCUT2D eigenvalue weighted by Gasteiger charge is 2.35. The van der Waals surface area contributed by atoms with Gasteiger partial charge in [0.05, 0.1) is 0 Å². The first-order valence-electron chi connectivity index (χ1n) is 21.2. The van der Waals surface area contributed by atoms with Crippen molar-refractivity contribution in [1.29, 1.82) is 0 Å². The lowest BCUT2D eigenvalue weighted by Crippen LogP contribution is -2.48. The van der Waals surface area contributed by atoms with Crippen LogP contribution in [0, 0.1) is 6.92 Å². The minimum atomic E-state index is 0.232. The van der Waals surface area contributed by atoms with Gasteiger partial charge in [-0.2, -0.15) is 5.10 Å². The molecule has 0 saturated heterocycles. The molecule has 2 heterocycles. The average molecular weight is 781 g/mol. The molecule has 4 nitrogen and oxygen atoms in total. The summed E-state index contributed by atoms with van der Waals surface area (Å²) in [6.07, 6.45) is 6.82. The van der Waals surface area contributed by atoms with Crippen LogP contribution in [-0.4, -0.2) is 27.2 Å². The third-order valence-electron chi connectivity index (χ3n) is 11.7. The maximum atomic E-state index is 4.50. The third kappa shape index (κ3) is 8.04. The molecule has 0 saturated carbocycles. The molecule has 4 N–H and O–H groups in total. The first-order chi connectivity index (χ1) is 29.6. The van der Waals surface area contributed by atoms with Crippen LogP contribution in [0.1, 0.15) is 43.4 Å². The molecule has 0 spiro atoms. The van der Waals surface area contributed by atoms with E-state index in [1.165, 1.54) is 95.7 Å². The van der Waals surface area contributed by atoms with E-state index in [0.29, 0.717) is 0 Å². The van der Waals surface area contributed by atoms with Gasteiger partial charge in [-0.05, 0) is 95.6 Å². The Bertz CT molecular complexity index is 2630. The second-order valence-electron chi connectivity index (χ2n) is 14.9. The van der Waals surface area contributed by atoms with Crippen LogP contribution in [0.5, 0.6) is 0 Å². The lowest BCUT2D eigenvalue weighted by atomic mass is 9.39. The van der Waals surface area contributed by atoms with Crippen molar-refractivity contribution in [3.8, 4) is 22.3 Å². The molecule has 0 aromatic heterocycles. The van der Waals surface area contributed by atoms with Crippen LogP contribution in [-0.2, 0) is 6.54 Å². The van der Waals surface area contributed by atoms with Crippen LogP contribution in [0.4, 0.5) is 5.69 Å². The van der Waals surface area contributed by atoms with Crippen molar-refractivity contribution < 1.29 is 0 Å². The number of allylic oxidation sites excluding steroid dienone is 3. The van der Waals surface area contributed by atoms with Crippen molar-refractivity contribution in [3.05, 3.63) is 204 Å². The largest absolute Gasteiger partial charge is 0.337 e. The SMILES string of the molecule is C=NN.CC.CN.Cc1ccccc1C1=C(N(Cc2ccc3c(c2)-c2ccccc2B3c2ccccc2)c2ccc3c(c2)-c2ccccc2B3c2ccccc2)C=CCC1. The Balaban J connectivity index is 0.000000736. The predicted molar refractivity (Wildman–Crippen MR) is 264 cm³/mol. The van der Waals surface area contributed by atoms with Crippen molar-refractivity contribution in [1.82, 2.24) is 0 Å². The second-order valence-corrected chi connectivity index (χ2v) is 14.9. The lowest BCUT2D eigenvalue weighted by Gasteiger charge is -2.32. The van der Waals surface area contributed by atoms with E-state index in [2.05, 4.69) is 217 Å².